The van der Waals surface area contributed by atoms with Gasteiger partial charge in [-0.2, -0.15) is 0 Å². The van der Waals surface area contributed by atoms with Gasteiger partial charge in [-0.25, -0.2) is 9.59 Å². The molecule has 0 bridgehead atoms. The van der Waals surface area contributed by atoms with Gasteiger partial charge in [-0.05, 0) is 31.4 Å². The molecule has 0 radical (unpaired) electrons. The first-order valence-electron chi connectivity index (χ1n) is 9.95. The predicted molar refractivity (Wildman–Crippen MR) is 108 cm³/mol. The second kappa shape index (κ2) is 10.00. The number of urea groups is 1. The first kappa shape index (κ1) is 23.1. The van der Waals surface area contributed by atoms with Gasteiger partial charge in [0.15, 0.2) is 6.61 Å². The molecule has 0 unspecified atom stereocenters. The summed E-state index contributed by atoms with van der Waals surface area (Å²) >= 11 is 0. The van der Waals surface area contributed by atoms with Crippen LogP contribution in [0.25, 0.3) is 0 Å². The number of amides is 5. The van der Waals surface area contributed by atoms with E-state index < -0.39 is 48.3 Å². The summed E-state index contributed by atoms with van der Waals surface area (Å²) in [5.74, 6) is -3.23. The highest BCUT2D eigenvalue weighted by molar-refractivity contribution is 6.22. The molecule has 0 saturated carbocycles. The molecule has 0 spiro atoms. The van der Waals surface area contributed by atoms with Crippen LogP contribution in [0.1, 0.15) is 61.3 Å². The molecule has 30 heavy (non-hydrogen) atoms. The third kappa shape index (κ3) is 5.03. The fraction of sp³-hybridized carbons (Fsp3) is 0.476. The quantitative estimate of drug-likeness (QED) is 0.492. The Kier molecular flexibility index (Phi) is 7.68. The molecule has 1 heterocycles. The Balaban J connectivity index is 2.07. The number of carbonyl (C=O) groups is 5. The third-order valence-corrected chi connectivity index (χ3v) is 5.12. The van der Waals surface area contributed by atoms with Crippen molar-refractivity contribution in [1.82, 2.24) is 15.5 Å². The van der Waals surface area contributed by atoms with E-state index in [0.717, 1.165) is 4.90 Å². The van der Waals surface area contributed by atoms with Crippen molar-refractivity contribution in [2.45, 2.75) is 52.6 Å². The van der Waals surface area contributed by atoms with Crippen molar-refractivity contribution in [2.75, 3.05) is 6.61 Å². The summed E-state index contributed by atoms with van der Waals surface area (Å²) in [6.45, 7) is 6.48. The SMILES string of the molecule is CC[C@H](C)NC(=O)NC(=O)COC(=O)[C@H]([C@@H](C)CC)N1C(=O)c2ccccc2C1=O. The third-order valence-electron chi connectivity index (χ3n) is 5.12. The maximum Gasteiger partial charge on any atom is 0.330 e. The van der Waals surface area contributed by atoms with Gasteiger partial charge in [0.05, 0.1) is 11.1 Å². The molecule has 9 heteroatoms. The number of hydrogen-bond acceptors (Lipinski definition) is 6. The minimum absolute atomic E-state index is 0.121. The Morgan fingerprint density at radius 1 is 1.00 bits per heavy atom. The van der Waals surface area contributed by atoms with Gasteiger partial charge < -0.3 is 10.1 Å². The lowest BCUT2D eigenvalue weighted by molar-refractivity contribution is -0.153. The average molecular weight is 417 g/mol. The lowest BCUT2D eigenvalue weighted by Crippen LogP contribution is -2.50. The van der Waals surface area contributed by atoms with Crippen molar-refractivity contribution in [1.29, 1.82) is 0 Å². The summed E-state index contributed by atoms with van der Waals surface area (Å²) in [6.07, 6.45) is 1.18. The summed E-state index contributed by atoms with van der Waals surface area (Å²) in [5, 5.41) is 4.63. The van der Waals surface area contributed by atoms with Gasteiger partial charge in [-0.15, -0.1) is 0 Å². The lowest BCUT2D eigenvalue weighted by Gasteiger charge is -2.28. The maximum atomic E-state index is 12.8. The minimum atomic E-state index is -1.18. The van der Waals surface area contributed by atoms with Gasteiger partial charge in [0, 0.05) is 6.04 Å². The summed E-state index contributed by atoms with van der Waals surface area (Å²) in [6, 6.07) is 4.34. The molecular formula is C21H27N3O6. The zero-order chi connectivity index (χ0) is 22.4. The van der Waals surface area contributed by atoms with E-state index in [-0.39, 0.29) is 17.2 Å². The first-order chi connectivity index (χ1) is 14.2. The Labute approximate surface area is 175 Å². The van der Waals surface area contributed by atoms with Crippen molar-refractivity contribution < 1.29 is 28.7 Å². The Morgan fingerprint density at radius 2 is 1.57 bits per heavy atom. The number of hydrogen-bond donors (Lipinski definition) is 2. The van der Waals surface area contributed by atoms with E-state index in [4.69, 9.17) is 4.74 Å². The summed E-state index contributed by atoms with van der Waals surface area (Å²) < 4.78 is 5.05. The molecule has 1 aromatic rings. The van der Waals surface area contributed by atoms with Crippen LogP contribution < -0.4 is 10.6 Å². The molecule has 1 aromatic carbocycles. The molecule has 0 fully saturated rings. The fourth-order valence-corrected chi connectivity index (χ4v) is 3.02. The number of ether oxygens (including phenoxy) is 1. The van der Waals surface area contributed by atoms with Crippen LogP contribution in [0.2, 0.25) is 0 Å². The molecule has 3 atom stereocenters. The van der Waals surface area contributed by atoms with Gasteiger partial charge in [-0.1, -0.05) is 39.3 Å². The first-order valence-corrected chi connectivity index (χ1v) is 9.95. The molecule has 2 N–H and O–H groups in total. The Bertz CT molecular complexity index is 818. The second-order valence-electron chi connectivity index (χ2n) is 7.29. The zero-order valence-electron chi connectivity index (χ0n) is 17.6. The number of benzene rings is 1. The van der Waals surface area contributed by atoms with E-state index in [2.05, 4.69) is 10.6 Å². The highest BCUT2D eigenvalue weighted by Crippen LogP contribution is 2.28. The van der Waals surface area contributed by atoms with Crippen LogP contribution in [0, 0.1) is 5.92 Å². The van der Waals surface area contributed by atoms with Crippen LogP contribution in [0.4, 0.5) is 4.79 Å². The number of fused-ring (bicyclic) bond motifs is 1. The highest BCUT2D eigenvalue weighted by Gasteiger charge is 2.45. The molecule has 1 aliphatic rings. The molecule has 0 aliphatic carbocycles. The van der Waals surface area contributed by atoms with Gasteiger partial charge in [0.1, 0.15) is 6.04 Å². The van der Waals surface area contributed by atoms with Crippen molar-refractivity contribution in [3.63, 3.8) is 0 Å². The normalized spacial score (nSPS) is 15.8. The van der Waals surface area contributed by atoms with E-state index >= 15 is 0 Å². The summed E-state index contributed by atoms with van der Waals surface area (Å²) in [4.78, 5) is 62.8. The monoisotopic (exact) mass is 417 g/mol. The number of esters is 1. The molecule has 1 aliphatic heterocycles. The molecule has 0 aromatic heterocycles. The van der Waals surface area contributed by atoms with E-state index in [1.807, 2.05) is 13.8 Å². The van der Waals surface area contributed by atoms with Crippen molar-refractivity contribution in [3.05, 3.63) is 35.4 Å². The van der Waals surface area contributed by atoms with Crippen molar-refractivity contribution in [3.8, 4) is 0 Å². The molecular weight excluding hydrogens is 390 g/mol. The Hall–Kier alpha value is -3.23. The smallest absolute Gasteiger partial charge is 0.330 e. The molecule has 5 amide bonds. The van der Waals surface area contributed by atoms with E-state index in [0.29, 0.717) is 12.8 Å². The molecule has 0 saturated heterocycles. The van der Waals surface area contributed by atoms with Gasteiger partial charge in [0.25, 0.3) is 17.7 Å². The summed E-state index contributed by atoms with van der Waals surface area (Å²) in [7, 11) is 0. The molecule has 162 valence electrons. The van der Waals surface area contributed by atoms with Crippen LogP contribution >= 0.6 is 0 Å². The standard InChI is InChI=1S/C21H27N3O6/c1-5-12(3)17(24-18(26)14-9-7-8-10-15(14)19(24)27)20(28)30-11-16(25)23-21(29)22-13(4)6-2/h7-10,12-13,17H,5-6,11H2,1-4H3,(H2,22,23,25,29)/t12-,13-,17-/m0/s1. The number of imide groups is 2. The number of nitrogens with zero attached hydrogens (tertiary/aromatic N) is 1. The van der Waals surface area contributed by atoms with Gasteiger partial charge in [0.2, 0.25) is 0 Å². The van der Waals surface area contributed by atoms with E-state index in [1.165, 1.54) is 12.1 Å². The topological polar surface area (TPSA) is 122 Å². The predicted octanol–water partition coefficient (Wildman–Crippen LogP) is 1.86. The number of carbonyl (C=O) groups excluding carboxylic acids is 5. The maximum absolute atomic E-state index is 12.8. The van der Waals surface area contributed by atoms with E-state index in [9.17, 15) is 24.0 Å². The number of rotatable bonds is 8. The highest BCUT2D eigenvalue weighted by atomic mass is 16.5. The summed E-state index contributed by atoms with van der Waals surface area (Å²) in [5.41, 5.74) is 0.450. The molecule has 2 rings (SSSR count). The van der Waals surface area contributed by atoms with Crippen LogP contribution in [0.15, 0.2) is 24.3 Å². The van der Waals surface area contributed by atoms with Gasteiger partial charge in [-0.3, -0.25) is 24.6 Å². The lowest BCUT2D eigenvalue weighted by atomic mass is 9.97. The van der Waals surface area contributed by atoms with Crippen LogP contribution in [-0.2, 0) is 14.3 Å². The van der Waals surface area contributed by atoms with E-state index in [1.54, 1.807) is 26.0 Å². The second-order valence-corrected chi connectivity index (χ2v) is 7.29. The average Bonchev–Trinajstić information content (AvgIpc) is 2.97. The van der Waals surface area contributed by atoms with Crippen LogP contribution in [-0.4, -0.2) is 53.3 Å². The zero-order valence-corrected chi connectivity index (χ0v) is 17.6. The Morgan fingerprint density at radius 3 is 2.07 bits per heavy atom. The van der Waals surface area contributed by atoms with Crippen LogP contribution in [0.3, 0.4) is 0 Å². The molecule has 9 nitrogen and oxygen atoms in total. The fourth-order valence-electron chi connectivity index (χ4n) is 3.02. The van der Waals surface area contributed by atoms with Crippen LogP contribution in [0.5, 0.6) is 0 Å². The van der Waals surface area contributed by atoms with Crippen molar-refractivity contribution in [2.24, 2.45) is 5.92 Å². The number of nitrogens with one attached hydrogen (secondary N) is 2. The van der Waals surface area contributed by atoms with Crippen molar-refractivity contribution >= 4 is 29.7 Å². The van der Waals surface area contributed by atoms with Gasteiger partial charge >= 0.3 is 12.0 Å². The minimum Gasteiger partial charge on any atom is -0.454 e. The largest absolute Gasteiger partial charge is 0.454 e.